The third kappa shape index (κ3) is 5.01. The quantitative estimate of drug-likeness (QED) is 0.430. The second kappa shape index (κ2) is 9.52. The van der Waals surface area contributed by atoms with Crippen LogP contribution in [0.1, 0.15) is 46.6 Å². The highest BCUT2D eigenvalue weighted by Crippen LogP contribution is 2.22. The molecular formula is C25H23N3O5. The van der Waals surface area contributed by atoms with E-state index in [1.54, 1.807) is 37.3 Å². The Balaban J connectivity index is 1.38. The lowest BCUT2D eigenvalue weighted by molar-refractivity contribution is -0.117. The number of fused-ring (bicyclic) bond motifs is 1. The third-order valence-electron chi connectivity index (χ3n) is 5.19. The molecular weight excluding hydrogens is 422 g/mol. The van der Waals surface area contributed by atoms with E-state index in [1.165, 1.54) is 6.07 Å². The van der Waals surface area contributed by atoms with Crippen molar-refractivity contribution >= 4 is 23.2 Å². The number of aromatic nitrogens is 2. The molecule has 8 heteroatoms. The smallest absolute Gasteiger partial charge is 0.338 e. The molecule has 2 aromatic heterocycles. The van der Waals surface area contributed by atoms with Crippen LogP contribution in [0.2, 0.25) is 0 Å². The highest BCUT2D eigenvalue weighted by atomic mass is 16.5. The van der Waals surface area contributed by atoms with Gasteiger partial charge in [-0.05, 0) is 43.2 Å². The van der Waals surface area contributed by atoms with Crippen molar-refractivity contribution in [3.63, 3.8) is 0 Å². The first kappa shape index (κ1) is 22.0. The zero-order valence-corrected chi connectivity index (χ0v) is 18.3. The lowest BCUT2D eigenvalue weighted by Crippen LogP contribution is -2.20. The van der Waals surface area contributed by atoms with Crippen LogP contribution in [0.15, 0.2) is 76.0 Å². The van der Waals surface area contributed by atoms with Crippen molar-refractivity contribution in [3.8, 4) is 0 Å². The van der Waals surface area contributed by atoms with Crippen molar-refractivity contribution in [2.45, 2.75) is 32.8 Å². The van der Waals surface area contributed by atoms with Crippen LogP contribution in [0, 0.1) is 6.92 Å². The molecule has 1 N–H and O–H groups in total. The first-order valence-corrected chi connectivity index (χ1v) is 10.6. The Morgan fingerprint density at radius 1 is 1.09 bits per heavy atom. The molecule has 4 rings (SSSR count). The Morgan fingerprint density at radius 3 is 2.52 bits per heavy atom. The standard InChI is InChI=1S/C25H23N3O5/c1-3-21(17-7-5-4-6-8-17)24(30)27-19-11-9-18(10-12-19)25(31)32-15-20-14-23(29)28-22(26-20)13-16(2)33-28/h4-14,21H,3,15H2,1-2H3,(H,27,30). The summed E-state index contributed by atoms with van der Waals surface area (Å²) in [6.45, 7) is 3.53. The molecule has 0 radical (unpaired) electrons. The number of amides is 1. The number of hydrogen-bond donors (Lipinski definition) is 1. The van der Waals surface area contributed by atoms with E-state index in [0.29, 0.717) is 34.8 Å². The number of hydrogen-bond acceptors (Lipinski definition) is 6. The number of anilines is 1. The highest BCUT2D eigenvalue weighted by Gasteiger charge is 2.19. The van der Waals surface area contributed by atoms with E-state index in [0.717, 1.165) is 10.1 Å². The second-order valence-corrected chi connectivity index (χ2v) is 7.60. The van der Waals surface area contributed by atoms with Crippen molar-refractivity contribution in [1.82, 2.24) is 9.56 Å². The molecule has 0 bridgehead atoms. The molecule has 0 saturated carbocycles. The Morgan fingerprint density at radius 2 is 1.82 bits per heavy atom. The molecule has 0 aliphatic carbocycles. The average molecular weight is 445 g/mol. The maximum absolute atomic E-state index is 12.7. The van der Waals surface area contributed by atoms with Crippen molar-refractivity contribution in [1.29, 1.82) is 0 Å². The Labute approximate surface area is 189 Å². The van der Waals surface area contributed by atoms with Gasteiger partial charge in [-0.3, -0.25) is 9.59 Å². The third-order valence-corrected chi connectivity index (χ3v) is 5.19. The Hall–Kier alpha value is -4.20. The molecule has 1 atom stereocenters. The fraction of sp³-hybridized carbons (Fsp3) is 0.200. The number of carbonyl (C=O) groups excluding carboxylic acids is 2. The fourth-order valence-corrected chi connectivity index (χ4v) is 3.55. The predicted molar refractivity (Wildman–Crippen MR) is 122 cm³/mol. The first-order valence-electron chi connectivity index (χ1n) is 10.6. The summed E-state index contributed by atoms with van der Waals surface area (Å²) in [5.41, 5.74) is 2.15. The molecule has 2 aromatic carbocycles. The van der Waals surface area contributed by atoms with Crippen molar-refractivity contribution in [2.24, 2.45) is 0 Å². The zero-order valence-electron chi connectivity index (χ0n) is 18.3. The van der Waals surface area contributed by atoms with E-state index in [1.807, 2.05) is 37.3 Å². The summed E-state index contributed by atoms with van der Waals surface area (Å²) in [5, 5.41) is 2.89. The van der Waals surface area contributed by atoms with Gasteiger partial charge in [0.1, 0.15) is 12.4 Å². The molecule has 2 heterocycles. The Kier molecular flexibility index (Phi) is 6.35. The van der Waals surface area contributed by atoms with E-state index < -0.39 is 5.97 Å². The van der Waals surface area contributed by atoms with Gasteiger partial charge in [0.05, 0.1) is 17.2 Å². The van der Waals surface area contributed by atoms with Crippen LogP contribution in [0.25, 0.3) is 5.65 Å². The van der Waals surface area contributed by atoms with Crippen LogP contribution in [0.4, 0.5) is 5.69 Å². The second-order valence-electron chi connectivity index (χ2n) is 7.60. The number of benzene rings is 2. The van der Waals surface area contributed by atoms with Crippen molar-refractivity contribution < 1.29 is 18.8 Å². The molecule has 33 heavy (non-hydrogen) atoms. The monoisotopic (exact) mass is 445 g/mol. The number of nitrogens with zero attached hydrogens (tertiary/aromatic N) is 2. The number of ether oxygens (including phenoxy) is 1. The Bertz CT molecular complexity index is 1340. The van der Waals surface area contributed by atoms with Gasteiger partial charge in [0, 0.05) is 17.8 Å². The molecule has 0 spiro atoms. The van der Waals surface area contributed by atoms with Crippen LogP contribution in [-0.4, -0.2) is 21.4 Å². The number of carbonyl (C=O) groups is 2. The number of esters is 1. The van der Waals surface area contributed by atoms with Gasteiger partial charge in [0.15, 0.2) is 5.65 Å². The maximum atomic E-state index is 12.7. The normalized spacial score (nSPS) is 11.8. The average Bonchev–Trinajstić information content (AvgIpc) is 3.20. The molecule has 0 aliphatic rings. The van der Waals surface area contributed by atoms with E-state index in [-0.39, 0.29) is 24.0 Å². The lowest BCUT2D eigenvalue weighted by atomic mass is 9.95. The molecule has 0 fully saturated rings. The largest absolute Gasteiger partial charge is 0.456 e. The van der Waals surface area contributed by atoms with E-state index >= 15 is 0 Å². The van der Waals surface area contributed by atoms with Crippen LogP contribution >= 0.6 is 0 Å². The summed E-state index contributed by atoms with van der Waals surface area (Å²) < 4.78 is 11.6. The minimum atomic E-state index is -0.561. The molecule has 0 saturated heterocycles. The zero-order chi connectivity index (χ0) is 23.4. The van der Waals surface area contributed by atoms with Crippen LogP contribution < -0.4 is 10.9 Å². The topological polar surface area (TPSA) is 103 Å². The van der Waals surface area contributed by atoms with Crippen molar-refractivity contribution in [3.05, 3.63) is 99.7 Å². The minimum absolute atomic E-state index is 0.110. The maximum Gasteiger partial charge on any atom is 0.338 e. The number of rotatable bonds is 7. The SMILES string of the molecule is CCC(C(=O)Nc1ccc(C(=O)OCc2cc(=O)n3oc(C)cc3n2)cc1)c1ccccc1. The summed E-state index contributed by atoms with van der Waals surface area (Å²) in [6, 6.07) is 18.9. The highest BCUT2D eigenvalue weighted by molar-refractivity contribution is 5.96. The molecule has 0 aliphatic heterocycles. The van der Waals surface area contributed by atoms with Crippen LogP contribution in [0.3, 0.4) is 0 Å². The van der Waals surface area contributed by atoms with E-state index in [2.05, 4.69) is 10.3 Å². The summed E-state index contributed by atoms with van der Waals surface area (Å²) in [5.74, 6) is -0.381. The van der Waals surface area contributed by atoms with Gasteiger partial charge < -0.3 is 14.6 Å². The van der Waals surface area contributed by atoms with Gasteiger partial charge in [-0.2, -0.15) is 0 Å². The number of aryl methyl sites for hydroxylation is 1. The van der Waals surface area contributed by atoms with E-state index in [4.69, 9.17) is 9.26 Å². The summed E-state index contributed by atoms with van der Waals surface area (Å²) in [6.07, 6.45) is 0.669. The summed E-state index contributed by atoms with van der Waals surface area (Å²) in [4.78, 5) is 41.4. The first-order chi connectivity index (χ1) is 15.9. The summed E-state index contributed by atoms with van der Waals surface area (Å²) >= 11 is 0. The van der Waals surface area contributed by atoms with Gasteiger partial charge in [-0.15, -0.1) is 4.57 Å². The summed E-state index contributed by atoms with van der Waals surface area (Å²) in [7, 11) is 0. The predicted octanol–water partition coefficient (Wildman–Crippen LogP) is 4.09. The van der Waals surface area contributed by atoms with Gasteiger partial charge in [-0.1, -0.05) is 37.3 Å². The molecule has 4 aromatic rings. The van der Waals surface area contributed by atoms with E-state index in [9.17, 15) is 14.4 Å². The molecule has 1 amide bonds. The van der Waals surface area contributed by atoms with Crippen LogP contribution in [-0.2, 0) is 16.1 Å². The fourth-order valence-electron chi connectivity index (χ4n) is 3.55. The molecule has 1 unspecified atom stereocenters. The minimum Gasteiger partial charge on any atom is -0.456 e. The van der Waals surface area contributed by atoms with Crippen molar-refractivity contribution in [2.75, 3.05) is 5.32 Å². The number of nitrogens with one attached hydrogen (secondary N) is 1. The van der Waals surface area contributed by atoms with Gasteiger partial charge in [0.2, 0.25) is 5.91 Å². The molecule has 8 nitrogen and oxygen atoms in total. The van der Waals surface area contributed by atoms with Crippen LogP contribution in [0.5, 0.6) is 0 Å². The molecule has 168 valence electrons. The van der Waals surface area contributed by atoms with Gasteiger partial charge in [-0.25, -0.2) is 9.78 Å². The lowest BCUT2D eigenvalue weighted by Gasteiger charge is -2.15. The van der Waals surface area contributed by atoms with Gasteiger partial charge in [0.25, 0.3) is 5.56 Å². The van der Waals surface area contributed by atoms with Gasteiger partial charge >= 0.3 is 5.97 Å².